The lowest BCUT2D eigenvalue weighted by atomic mass is 10.00. The molecule has 1 aliphatic heterocycles. The Morgan fingerprint density at radius 2 is 1.59 bits per heavy atom. The fourth-order valence-corrected chi connectivity index (χ4v) is 3.44. The number of aromatic hydroxyl groups is 4. The minimum absolute atomic E-state index is 0.0691. The molecule has 11 nitrogen and oxygen atoms in total. The monoisotopic (exact) mass is 448 g/mol. The van der Waals surface area contributed by atoms with Gasteiger partial charge in [0.15, 0.2) is 17.3 Å². The predicted octanol–water partition coefficient (Wildman–Crippen LogP) is 0.489. The van der Waals surface area contributed by atoms with Crippen LogP contribution in [-0.2, 0) is 4.74 Å². The van der Waals surface area contributed by atoms with Crippen LogP contribution in [0.3, 0.4) is 0 Å². The van der Waals surface area contributed by atoms with Crippen LogP contribution in [0.5, 0.6) is 28.7 Å². The molecule has 1 fully saturated rings. The first-order valence-corrected chi connectivity index (χ1v) is 9.50. The van der Waals surface area contributed by atoms with E-state index >= 15 is 0 Å². The third kappa shape index (κ3) is 3.56. The lowest BCUT2D eigenvalue weighted by molar-refractivity contribution is -0.268. The summed E-state index contributed by atoms with van der Waals surface area (Å²) in [4.78, 5) is 12.6. The Labute approximate surface area is 179 Å². The quantitative estimate of drug-likeness (QED) is 0.276. The SMILES string of the molecule is C[C@@H]1O[C@@H](Oc2cc(O)c3c(=O)c(O)c(-c4ccc(O)c(O)c4)oc3c2)[C@H](O)[C@H](O)[C@H]1O. The predicted molar refractivity (Wildman–Crippen MR) is 108 cm³/mol. The van der Waals surface area contributed by atoms with Crippen molar-refractivity contribution in [3.05, 3.63) is 40.6 Å². The van der Waals surface area contributed by atoms with Crippen molar-refractivity contribution in [3.8, 4) is 40.1 Å². The molecule has 32 heavy (non-hydrogen) atoms. The maximum Gasteiger partial charge on any atom is 0.238 e. The number of aliphatic hydroxyl groups excluding tert-OH is 3. The number of hydrogen-bond acceptors (Lipinski definition) is 11. The van der Waals surface area contributed by atoms with Gasteiger partial charge >= 0.3 is 0 Å². The lowest BCUT2D eigenvalue weighted by Crippen LogP contribution is -2.58. The zero-order chi connectivity index (χ0) is 23.3. The van der Waals surface area contributed by atoms with Gasteiger partial charge in [0.05, 0.1) is 6.10 Å². The highest BCUT2D eigenvalue weighted by Crippen LogP contribution is 2.38. The molecule has 2 aromatic carbocycles. The van der Waals surface area contributed by atoms with Crippen molar-refractivity contribution >= 4 is 11.0 Å². The van der Waals surface area contributed by atoms with E-state index in [1.807, 2.05) is 0 Å². The molecule has 0 saturated carbocycles. The molecule has 0 aliphatic carbocycles. The second kappa shape index (κ2) is 7.88. The number of benzene rings is 2. The lowest BCUT2D eigenvalue weighted by Gasteiger charge is -2.38. The molecule has 1 aliphatic rings. The summed E-state index contributed by atoms with van der Waals surface area (Å²) in [5, 5.41) is 69.3. The van der Waals surface area contributed by atoms with Crippen LogP contribution < -0.4 is 10.2 Å². The van der Waals surface area contributed by atoms with Crippen LogP contribution in [-0.4, -0.2) is 66.5 Å². The van der Waals surface area contributed by atoms with Crippen LogP contribution in [0.4, 0.5) is 0 Å². The van der Waals surface area contributed by atoms with E-state index in [9.17, 15) is 40.5 Å². The summed E-state index contributed by atoms with van der Waals surface area (Å²) in [6.45, 7) is 1.47. The van der Waals surface area contributed by atoms with E-state index < -0.39 is 59.1 Å². The molecule has 0 bridgehead atoms. The number of phenols is 3. The van der Waals surface area contributed by atoms with Gasteiger partial charge in [0, 0.05) is 17.7 Å². The van der Waals surface area contributed by atoms with Crippen molar-refractivity contribution in [1.82, 2.24) is 0 Å². The summed E-state index contributed by atoms with van der Waals surface area (Å²) in [6, 6.07) is 5.72. The zero-order valence-electron chi connectivity index (χ0n) is 16.5. The van der Waals surface area contributed by atoms with Gasteiger partial charge in [-0.05, 0) is 25.1 Å². The van der Waals surface area contributed by atoms with E-state index in [4.69, 9.17) is 13.9 Å². The Bertz CT molecular complexity index is 1230. The van der Waals surface area contributed by atoms with Crippen LogP contribution in [0.15, 0.2) is 39.5 Å². The normalized spacial score (nSPS) is 25.7. The third-order valence-corrected chi connectivity index (χ3v) is 5.22. The molecule has 0 radical (unpaired) electrons. The number of ether oxygens (including phenoxy) is 2. The molecule has 7 N–H and O–H groups in total. The van der Waals surface area contributed by atoms with Crippen LogP contribution in [0.1, 0.15) is 6.92 Å². The average Bonchev–Trinajstić information content (AvgIpc) is 2.74. The summed E-state index contributed by atoms with van der Waals surface area (Å²) in [5.74, 6) is -2.80. The number of phenolic OH excluding ortho intramolecular Hbond substituents is 3. The van der Waals surface area contributed by atoms with E-state index in [1.165, 1.54) is 19.1 Å². The van der Waals surface area contributed by atoms with Gasteiger partial charge in [0.25, 0.3) is 0 Å². The van der Waals surface area contributed by atoms with Gasteiger partial charge in [-0.15, -0.1) is 0 Å². The molecule has 3 aromatic rings. The van der Waals surface area contributed by atoms with Crippen LogP contribution in [0.25, 0.3) is 22.3 Å². The fraction of sp³-hybridized carbons (Fsp3) is 0.286. The van der Waals surface area contributed by atoms with Crippen LogP contribution in [0, 0.1) is 0 Å². The summed E-state index contributed by atoms with van der Waals surface area (Å²) >= 11 is 0. The minimum atomic E-state index is -1.61. The highest BCUT2D eigenvalue weighted by atomic mass is 16.7. The summed E-state index contributed by atoms with van der Waals surface area (Å²) < 4.78 is 16.4. The summed E-state index contributed by atoms with van der Waals surface area (Å²) in [5.41, 5.74) is -1.09. The van der Waals surface area contributed by atoms with E-state index in [-0.39, 0.29) is 28.0 Å². The topological polar surface area (TPSA) is 190 Å². The van der Waals surface area contributed by atoms with Gasteiger partial charge in [-0.3, -0.25) is 4.79 Å². The van der Waals surface area contributed by atoms with Gasteiger partial charge in [0.1, 0.15) is 40.8 Å². The number of aliphatic hydroxyl groups is 3. The molecule has 170 valence electrons. The van der Waals surface area contributed by atoms with Gasteiger partial charge < -0.3 is 49.6 Å². The Morgan fingerprint density at radius 1 is 0.875 bits per heavy atom. The molecular formula is C21H20O11. The van der Waals surface area contributed by atoms with Crippen molar-refractivity contribution in [2.45, 2.75) is 37.6 Å². The van der Waals surface area contributed by atoms with Crippen molar-refractivity contribution in [2.75, 3.05) is 0 Å². The zero-order valence-corrected chi connectivity index (χ0v) is 16.5. The molecule has 4 rings (SSSR count). The molecule has 0 unspecified atom stereocenters. The first-order chi connectivity index (χ1) is 15.1. The Hall–Kier alpha value is -3.51. The average molecular weight is 448 g/mol. The number of rotatable bonds is 3. The highest BCUT2D eigenvalue weighted by Gasteiger charge is 2.43. The molecule has 1 saturated heterocycles. The number of hydrogen-bond donors (Lipinski definition) is 7. The number of fused-ring (bicyclic) bond motifs is 1. The highest BCUT2D eigenvalue weighted by molar-refractivity contribution is 5.88. The van der Waals surface area contributed by atoms with Gasteiger partial charge in [0.2, 0.25) is 17.5 Å². The summed E-state index contributed by atoms with van der Waals surface area (Å²) in [7, 11) is 0. The van der Waals surface area contributed by atoms with Gasteiger partial charge in [-0.1, -0.05) is 0 Å². The molecule has 11 heteroatoms. The van der Waals surface area contributed by atoms with Crippen molar-refractivity contribution in [3.63, 3.8) is 0 Å². The fourth-order valence-electron chi connectivity index (χ4n) is 3.44. The maximum absolute atomic E-state index is 12.6. The summed E-state index contributed by atoms with van der Waals surface area (Å²) in [6.07, 6.45) is -6.75. The third-order valence-electron chi connectivity index (χ3n) is 5.22. The van der Waals surface area contributed by atoms with E-state index in [0.29, 0.717) is 0 Å². The minimum Gasteiger partial charge on any atom is -0.507 e. The standard InChI is InChI=1S/C21H20O11/c1-7-15(25)17(27)19(29)21(30-7)31-9-5-12(24)14-13(6-9)32-20(18(28)16(14)26)8-2-3-10(22)11(23)4-8/h2-7,15,17,19,21-25,27-29H,1H3/t7-,15-,17+,19+,21-/m0/s1. The first kappa shape index (κ1) is 21.7. The van der Waals surface area contributed by atoms with E-state index in [0.717, 1.165) is 18.2 Å². The molecular weight excluding hydrogens is 428 g/mol. The van der Waals surface area contributed by atoms with E-state index in [2.05, 4.69) is 0 Å². The molecule has 1 aromatic heterocycles. The Morgan fingerprint density at radius 3 is 2.28 bits per heavy atom. The van der Waals surface area contributed by atoms with Crippen molar-refractivity contribution < 1.29 is 49.6 Å². The van der Waals surface area contributed by atoms with E-state index in [1.54, 1.807) is 0 Å². The smallest absolute Gasteiger partial charge is 0.238 e. The van der Waals surface area contributed by atoms with Gasteiger partial charge in [-0.25, -0.2) is 0 Å². The molecule has 5 atom stereocenters. The van der Waals surface area contributed by atoms with Crippen molar-refractivity contribution in [2.24, 2.45) is 0 Å². The Kier molecular flexibility index (Phi) is 5.34. The van der Waals surface area contributed by atoms with Crippen LogP contribution >= 0.6 is 0 Å². The second-order valence-corrected chi connectivity index (χ2v) is 7.43. The Balaban J connectivity index is 1.78. The van der Waals surface area contributed by atoms with Crippen molar-refractivity contribution in [1.29, 1.82) is 0 Å². The van der Waals surface area contributed by atoms with Crippen LogP contribution in [0.2, 0.25) is 0 Å². The maximum atomic E-state index is 12.6. The molecule has 0 amide bonds. The second-order valence-electron chi connectivity index (χ2n) is 7.43. The first-order valence-electron chi connectivity index (χ1n) is 9.50. The largest absolute Gasteiger partial charge is 0.507 e. The van der Waals surface area contributed by atoms with Gasteiger partial charge in [-0.2, -0.15) is 0 Å². The molecule has 2 heterocycles. The molecule has 0 spiro atoms.